The molecule has 184 valence electrons. The van der Waals surface area contributed by atoms with E-state index in [0.717, 1.165) is 0 Å². The topological polar surface area (TPSA) is 122 Å². The second-order valence-electron chi connectivity index (χ2n) is 8.29. The van der Waals surface area contributed by atoms with E-state index in [-0.39, 0.29) is 17.6 Å². The normalized spacial score (nSPS) is 12.2. The van der Waals surface area contributed by atoms with Gasteiger partial charge in [-0.05, 0) is 18.1 Å². The third kappa shape index (κ3) is 18.2. The molecule has 0 aromatic heterocycles. The van der Waals surface area contributed by atoms with E-state index in [0.29, 0.717) is 66.0 Å². The zero-order chi connectivity index (χ0) is 23.6. The van der Waals surface area contributed by atoms with E-state index in [4.69, 9.17) is 28.5 Å². The lowest BCUT2D eigenvalue weighted by Gasteiger charge is -2.36. The molecule has 0 bridgehead atoms. The molecule has 0 heterocycles. The Balaban J connectivity index is 3.29. The number of carbonyl (C=O) groups excluding carboxylic acids is 1. The third-order valence-corrected chi connectivity index (χ3v) is 9.18. The highest BCUT2D eigenvalue weighted by molar-refractivity contribution is 6.74. The second-order valence-corrected chi connectivity index (χ2v) is 13.1. The van der Waals surface area contributed by atoms with Crippen LogP contribution >= 0.6 is 0 Å². The Hall–Kier alpha value is -1.08. The molecule has 0 aliphatic rings. The fourth-order valence-electron chi connectivity index (χ4n) is 1.88. The summed E-state index contributed by atoms with van der Waals surface area (Å²) >= 11 is 0. The van der Waals surface area contributed by atoms with Crippen LogP contribution in [0.3, 0.4) is 0 Å². The van der Waals surface area contributed by atoms with Crippen molar-refractivity contribution in [3.05, 3.63) is 0 Å². The van der Waals surface area contributed by atoms with Crippen molar-refractivity contribution in [3.8, 4) is 0 Å². The smallest absolute Gasteiger partial charge is 0.329 e. The van der Waals surface area contributed by atoms with Gasteiger partial charge in [-0.25, -0.2) is 4.79 Å². The number of carboxylic acid groups (broad SMARTS) is 1. The molecule has 31 heavy (non-hydrogen) atoms. The lowest BCUT2D eigenvalue weighted by Crippen LogP contribution is -2.41. The Morgan fingerprint density at radius 1 is 0.742 bits per heavy atom. The highest BCUT2D eigenvalue weighted by atomic mass is 28.4. The van der Waals surface area contributed by atoms with E-state index in [2.05, 4.69) is 43.9 Å². The van der Waals surface area contributed by atoms with Gasteiger partial charge in [0.05, 0.1) is 59.5 Å². The molecule has 0 unspecified atom stereocenters. The summed E-state index contributed by atoms with van der Waals surface area (Å²) in [5, 5.41) is 11.1. The number of carbonyl (C=O) groups is 2. The number of nitrogens with one attached hydrogen (secondary N) is 1. The van der Waals surface area contributed by atoms with Crippen molar-refractivity contribution in [3.63, 3.8) is 0 Å². The van der Waals surface area contributed by atoms with Crippen LogP contribution in [0.4, 0.5) is 0 Å². The molecule has 0 spiro atoms. The number of aliphatic carboxylic acids is 1. The van der Waals surface area contributed by atoms with E-state index >= 15 is 0 Å². The highest BCUT2D eigenvalue weighted by Crippen LogP contribution is 2.36. The SMILES string of the molecule is CC(C)(C)[Si](C)(C)OCCOCCOCCOCCOCCNC(=O)COCC(=O)O. The Morgan fingerprint density at radius 3 is 1.65 bits per heavy atom. The molecule has 0 aromatic carbocycles. The zero-order valence-electron chi connectivity index (χ0n) is 19.7. The molecule has 0 fully saturated rings. The first-order valence-corrected chi connectivity index (χ1v) is 13.5. The molecule has 2 N–H and O–H groups in total. The van der Waals surface area contributed by atoms with Gasteiger partial charge < -0.3 is 38.5 Å². The first kappa shape index (κ1) is 29.9. The Morgan fingerprint density at radius 2 is 1.19 bits per heavy atom. The molecular weight excluding hydrogens is 426 g/mol. The predicted molar refractivity (Wildman–Crippen MR) is 118 cm³/mol. The van der Waals surface area contributed by atoms with Crippen LogP contribution in [0.5, 0.6) is 0 Å². The molecule has 0 rings (SSSR count). The van der Waals surface area contributed by atoms with E-state index in [9.17, 15) is 9.59 Å². The van der Waals surface area contributed by atoms with Gasteiger partial charge in [0, 0.05) is 6.54 Å². The Labute approximate surface area is 187 Å². The van der Waals surface area contributed by atoms with Gasteiger partial charge in [0.15, 0.2) is 8.32 Å². The lowest BCUT2D eigenvalue weighted by molar-refractivity contribution is -0.143. The molecule has 0 aliphatic heterocycles. The van der Waals surface area contributed by atoms with Crippen LogP contribution in [0.25, 0.3) is 0 Å². The van der Waals surface area contributed by atoms with Crippen molar-refractivity contribution < 1.29 is 42.8 Å². The van der Waals surface area contributed by atoms with Gasteiger partial charge in [-0.15, -0.1) is 0 Å². The summed E-state index contributed by atoms with van der Waals surface area (Å²) < 4.78 is 32.3. The monoisotopic (exact) mass is 467 g/mol. The molecule has 10 nitrogen and oxygen atoms in total. The number of ether oxygens (including phenoxy) is 5. The Bertz CT molecular complexity index is 484. The molecular formula is C20H41NO9Si. The maximum atomic E-state index is 11.3. The molecule has 0 aliphatic carbocycles. The van der Waals surface area contributed by atoms with Crippen molar-refractivity contribution >= 4 is 20.2 Å². The summed E-state index contributed by atoms with van der Waals surface area (Å²) in [4.78, 5) is 21.5. The first-order valence-electron chi connectivity index (χ1n) is 10.6. The number of carboxylic acids is 1. The van der Waals surface area contributed by atoms with E-state index in [1.807, 2.05) is 0 Å². The van der Waals surface area contributed by atoms with Crippen LogP contribution < -0.4 is 5.32 Å². The average molecular weight is 468 g/mol. The summed E-state index contributed by atoms with van der Waals surface area (Å²) in [6.07, 6.45) is 0. The number of rotatable bonds is 20. The van der Waals surface area contributed by atoms with Crippen molar-refractivity contribution in [2.75, 3.05) is 79.2 Å². The summed E-state index contributed by atoms with van der Waals surface area (Å²) in [6, 6.07) is 0. The number of hydrogen-bond acceptors (Lipinski definition) is 8. The summed E-state index contributed by atoms with van der Waals surface area (Å²) in [6.45, 7) is 15.0. The molecule has 0 atom stereocenters. The third-order valence-electron chi connectivity index (χ3n) is 4.64. The van der Waals surface area contributed by atoms with Gasteiger partial charge in [-0.3, -0.25) is 4.79 Å². The zero-order valence-corrected chi connectivity index (χ0v) is 20.7. The van der Waals surface area contributed by atoms with Crippen LogP contribution in [-0.4, -0.2) is 105 Å². The number of hydrogen-bond donors (Lipinski definition) is 2. The average Bonchev–Trinajstić information content (AvgIpc) is 2.66. The van der Waals surface area contributed by atoms with Gasteiger partial charge in [-0.2, -0.15) is 0 Å². The van der Waals surface area contributed by atoms with Crippen molar-refractivity contribution in [1.29, 1.82) is 0 Å². The van der Waals surface area contributed by atoms with Crippen LogP contribution in [0.2, 0.25) is 18.1 Å². The quantitative estimate of drug-likeness (QED) is 0.201. The number of amides is 1. The van der Waals surface area contributed by atoms with E-state index in [1.165, 1.54) is 0 Å². The van der Waals surface area contributed by atoms with Gasteiger partial charge in [0.1, 0.15) is 13.2 Å². The van der Waals surface area contributed by atoms with Gasteiger partial charge >= 0.3 is 5.97 Å². The van der Waals surface area contributed by atoms with Crippen molar-refractivity contribution in [2.24, 2.45) is 0 Å². The molecule has 0 radical (unpaired) electrons. The fraction of sp³-hybridized carbons (Fsp3) is 0.900. The summed E-state index contributed by atoms with van der Waals surface area (Å²) in [5.41, 5.74) is 0. The minimum atomic E-state index is -1.70. The first-order chi connectivity index (χ1) is 14.6. The molecule has 0 saturated carbocycles. The molecule has 0 saturated heterocycles. The molecule has 0 aromatic rings. The minimum Gasteiger partial charge on any atom is -0.480 e. The standard InChI is InChI=1S/C20H41NO9Si/c1-20(2,3)31(4,5)30-15-14-28-13-12-27-11-10-26-9-8-25-7-6-21-18(22)16-29-17-19(23)24/h6-17H2,1-5H3,(H,21,22)(H,23,24). The molecule has 1 amide bonds. The maximum Gasteiger partial charge on any atom is 0.329 e. The summed E-state index contributed by atoms with van der Waals surface area (Å²) in [5.74, 6) is -1.50. The summed E-state index contributed by atoms with van der Waals surface area (Å²) in [7, 11) is -1.70. The van der Waals surface area contributed by atoms with Gasteiger partial charge in [-0.1, -0.05) is 20.8 Å². The lowest BCUT2D eigenvalue weighted by atomic mass is 10.2. The Kier molecular flexibility index (Phi) is 16.9. The van der Waals surface area contributed by atoms with Crippen LogP contribution in [0.1, 0.15) is 20.8 Å². The fourth-order valence-corrected chi connectivity index (χ4v) is 2.91. The maximum absolute atomic E-state index is 11.3. The van der Waals surface area contributed by atoms with Gasteiger partial charge in [0.25, 0.3) is 0 Å². The van der Waals surface area contributed by atoms with Gasteiger partial charge in [0.2, 0.25) is 5.91 Å². The predicted octanol–water partition coefficient (Wildman–Crippen LogP) is 1.29. The molecule has 11 heteroatoms. The second kappa shape index (κ2) is 17.5. The van der Waals surface area contributed by atoms with Crippen LogP contribution in [0, 0.1) is 0 Å². The van der Waals surface area contributed by atoms with E-state index in [1.54, 1.807) is 0 Å². The van der Waals surface area contributed by atoms with E-state index < -0.39 is 20.9 Å². The van der Waals surface area contributed by atoms with Crippen molar-refractivity contribution in [1.82, 2.24) is 5.32 Å². The minimum absolute atomic E-state index is 0.205. The highest BCUT2D eigenvalue weighted by Gasteiger charge is 2.36. The van der Waals surface area contributed by atoms with Crippen LogP contribution in [-0.2, 0) is 37.7 Å². The largest absolute Gasteiger partial charge is 0.480 e. The van der Waals surface area contributed by atoms with Crippen LogP contribution in [0.15, 0.2) is 0 Å². The van der Waals surface area contributed by atoms with Crippen molar-refractivity contribution in [2.45, 2.75) is 38.9 Å².